The van der Waals surface area contributed by atoms with Crippen LogP contribution in [0.25, 0.3) is 0 Å². The maximum Gasteiger partial charge on any atom is 0.336 e. The summed E-state index contributed by atoms with van der Waals surface area (Å²) in [7, 11) is 0. The van der Waals surface area contributed by atoms with Crippen molar-refractivity contribution in [3.63, 3.8) is 0 Å². The number of ether oxygens (including phenoxy) is 2. The summed E-state index contributed by atoms with van der Waals surface area (Å²) in [6.45, 7) is 6.98. The average Bonchev–Trinajstić information content (AvgIpc) is 2.44. The Bertz CT molecular complexity index is 377. The minimum absolute atomic E-state index is 0.190. The number of benzene rings is 1. The molecule has 1 aromatic rings. The molecule has 0 fully saturated rings. The molecule has 0 heterocycles. The predicted octanol–water partition coefficient (Wildman–Crippen LogP) is 2.14. The summed E-state index contributed by atoms with van der Waals surface area (Å²) in [5.41, 5.74) is -0.380. The second kappa shape index (κ2) is 11.0. The van der Waals surface area contributed by atoms with Crippen LogP contribution >= 0.6 is 0 Å². The Hall–Kier alpha value is -1.92. The molecule has 0 saturated heterocycles. The van der Waals surface area contributed by atoms with Gasteiger partial charge in [0.1, 0.15) is 0 Å². The van der Waals surface area contributed by atoms with E-state index in [1.165, 1.54) is 24.3 Å². The molecule has 0 radical (unpaired) electrons. The Labute approximate surface area is 117 Å². The van der Waals surface area contributed by atoms with E-state index in [1.807, 2.05) is 13.8 Å². The molecule has 1 rings (SSSR count). The van der Waals surface area contributed by atoms with Crippen molar-refractivity contribution in [2.24, 2.45) is 0 Å². The van der Waals surface area contributed by atoms with Gasteiger partial charge in [0.2, 0.25) is 0 Å². The van der Waals surface area contributed by atoms with Crippen LogP contribution in [0.5, 0.6) is 0 Å². The third kappa shape index (κ3) is 7.50. The van der Waals surface area contributed by atoms with Crippen molar-refractivity contribution in [1.29, 1.82) is 0 Å². The van der Waals surface area contributed by atoms with Crippen molar-refractivity contribution in [2.75, 3.05) is 26.4 Å². The van der Waals surface area contributed by atoms with E-state index in [9.17, 15) is 9.59 Å². The van der Waals surface area contributed by atoms with E-state index >= 15 is 0 Å². The summed E-state index contributed by atoms with van der Waals surface area (Å²) < 4.78 is 10.0. The highest BCUT2D eigenvalue weighted by molar-refractivity contribution is 6.01. The molecule has 0 saturated carbocycles. The Kier molecular flexibility index (Phi) is 9.90. The SMILES string of the molecule is CCOCCOCC.O=C(O)c1ccccc1C(=O)O. The van der Waals surface area contributed by atoms with Crippen LogP contribution in [0.4, 0.5) is 0 Å². The van der Waals surface area contributed by atoms with Crippen LogP contribution in [0.2, 0.25) is 0 Å². The van der Waals surface area contributed by atoms with Gasteiger partial charge in [0.25, 0.3) is 0 Å². The molecule has 0 atom stereocenters. The monoisotopic (exact) mass is 284 g/mol. The smallest absolute Gasteiger partial charge is 0.336 e. The molecule has 20 heavy (non-hydrogen) atoms. The van der Waals surface area contributed by atoms with Gasteiger partial charge in [-0.25, -0.2) is 9.59 Å². The Balaban J connectivity index is 0.000000396. The predicted molar refractivity (Wildman–Crippen MR) is 73.3 cm³/mol. The third-order valence-corrected chi connectivity index (χ3v) is 2.17. The van der Waals surface area contributed by atoms with E-state index < -0.39 is 11.9 Å². The minimum Gasteiger partial charge on any atom is -0.478 e. The van der Waals surface area contributed by atoms with Gasteiger partial charge in [-0.2, -0.15) is 0 Å². The van der Waals surface area contributed by atoms with Crippen molar-refractivity contribution in [2.45, 2.75) is 13.8 Å². The van der Waals surface area contributed by atoms with Gasteiger partial charge < -0.3 is 19.7 Å². The van der Waals surface area contributed by atoms with E-state index in [-0.39, 0.29) is 11.1 Å². The summed E-state index contributed by atoms with van der Waals surface area (Å²) in [4.78, 5) is 20.9. The van der Waals surface area contributed by atoms with Crippen molar-refractivity contribution < 1.29 is 29.3 Å². The topological polar surface area (TPSA) is 93.1 Å². The Morgan fingerprint density at radius 3 is 1.50 bits per heavy atom. The summed E-state index contributed by atoms with van der Waals surface area (Å²) in [6, 6.07) is 5.48. The maximum atomic E-state index is 10.5. The van der Waals surface area contributed by atoms with Crippen molar-refractivity contribution >= 4 is 11.9 Å². The molecule has 0 aliphatic rings. The Morgan fingerprint density at radius 2 is 1.25 bits per heavy atom. The fraction of sp³-hybridized carbons (Fsp3) is 0.429. The van der Waals surface area contributed by atoms with E-state index in [4.69, 9.17) is 19.7 Å². The number of carboxylic acid groups (broad SMARTS) is 2. The molecule has 0 aliphatic heterocycles. The molecule has 0 aliphatic carbocycles. The van der Waals surface area contributed by atoms with Crippen LogP contribution in [-0.2, 0) is 9.47 Å². The molecule has 112 valence electrons. The normalized spacial score (nSPS) is 9.50. The molecule has 2 N–H and O–H groups in total. The molecule has 6 nitrogen and oxygen atoms in total. The molecule has 0 amide bonds. The second-order valence-corrected chi connectivity index (χ2v) is 3.55. The minimum atomic E-state index is -1.23. The first-order chi connectivity index (χ1) is 9.54. The van der Waals surface area contributed by atoms with Gasteiger partial charge in [0.15, 0.2) is 0 Å². The van der Waals surface area contributed by atoms with Gasteiger partial charge in [-0.05, 0) is 26.0 Å². The van der Waals surface area contributed by atoms with E-state index in [0.717, 1.165) is 26.4 Å². The standard InChI is InChI=1S/C8H6O4.C6H14O2/c9-7(10)5-3-1-2-4-6(5)8(11)12;1-3-7-5-6-8-4-2/h1-4H,(H,9,10)(H,11,12);3-6H2,1-2H3. The lowest BCUT2D eigenvalue weighted by molar-refractivity contribution is 0.0584. The van der Waals surface area contributed by atoms with Gasteiger partial charge in [0, 0.05) is 13.2 Å². The highest BCUT2D eigenvalue weighted by atomic mass is 16.5. The lowest BCUT2D eigenvalue weighted by Gasteiger charge is -1.99. The number of hydrogen-bond donors (Lipinski definition) is 2. The number of rotatable bonds is 7. The quantitative estimate of drug-likeness (QED) is 0.745. The summed E-state index contributed by atoms with van der Waals surface area (Å²) in [5.74, 6) is -2.46. The molecule has 0 bridgehead atoms. The van der Waals surface area contributed by atoms with Crippen LogP contribution < -0.4 is 0 Å². The zero-order valence-corrected chi connectivity index (χ0v) is 11.7. The molecular formula is C14H20O6. The molecule has 0 unspecified atom stereocenters. The average molecular weight is 284 g/mol. The lowest BCUT2D eigenvalue weighted by atomic mass is 10.1. The van der Waals surface area contributed by atoms with E-state index in [2.05, 4.69) is 0 Å². The fourth-order valence-corrected chi connectivity index (χ4v) is 1.26. The first-order valence-corrected chi connectivity index (χ1v) is 6.25. The van der Waals surface area contributed by atoms with Crippen molar-refractivity contribution in [3.8, 4) is 0 Å². The highest BCUT2D eigenvalue weighted by Crippen LogP contribution is 2.07. The van der Waals surface area contributed by atoms with Gasteiger partial charge in [-0.3, -0.25) is 0 Å². The van der Waals surface area contributed by atoms with E-state index in [1.54, 1.807) is 0 Å². The number of carboxylic acids is 2. The van der Waals surface area contributed by atoms with Crippen LogP contribution in [0.1, 0.15) is 34.6 Å². The molecule has 6 heteroatoms. The van der Waals surface area contributed by atoms with Crippen molar-refractivity contribution in [1.82, 2.24) is 0 Å². The fourth-order valence-electron chi connectivity index (χ4n) is 1.26. The Morgan fingerprint density at radius 1 is 0.900 bits per heavy atom. The zero-order chi connectivity index (χ0) is 15.4. The van der Waals surface area contributed by atoms with Gasteiger partial charge in [0.05, 0.1) is 24.3 Å². The van der Waals surface area contributed by atoms with Gasteiger partial charge in [-0.15, -0.1) is 0 Å². The largest absolute Gasteiger partial charge is 0.478 e. The van der Waals surface area contributed by atoms with Crippen LogP contribution in [0.3, 0.4) is 0 Å². The first kappa shape index (κ1) is 18.1. The van der Waals surface area contributed by atoms with Crippen LogP contribution in [0, 0.1) is 0 Å². The summed E-state index contributed by atoms with van der Waals surface area (Å²) in [6.07, 6.45) is 0. The van der Waals surface area contributed by atoms with Crippen LogP contribution in [0.15, 0.2) is 24.3 Å². The number of carbonyl (C=O) groups is 2. The summed E-state index contributed by atoms with van der Waals surface area (Å²) in [5, 5.41) is 17.1. The molecule has 0 aromatic heterocycles. The molecule has 1 aromatic carbocycles. The van der Waals surface area contributed by atoms with Crippen molar-refractivity contribution in [3.05, 3.63) is 35.4 Å². The van der Waals surface area contributed by atoms with Crippen LogP contribution in [-0.4, -0.2) is 48.6 Å². The van der Waals surface area contributed by atoms with Gasteiger partial charge >= 0.3 is 11.9 Å². The highest BCUT2D eigenvalue weighted by Gasteiger charge is 2.13. The van der Waals surface area contributed by atoms with E-state index in [0.29, 0.717) is 0 Å². The number of hydrogen-bond acceptors (Lipinski definition) is 4. The maximum absolute atomic E-state index is 10.5. The number of aromatic carboxylic acids is 2. The second-order valence-electron chi connectivity index (χ2n) is 3.55. The zero-order valence-electron chi connectivity index (χ0n) is 11.7. The summed E-state index contributed by atoms with van der Waals surface area (Å²) >= 11 is 0. The lowest BCUT2D eigenvalue weighted by Crippen LogP contribution is -2.06. The third-order valence-electron chi connectivity index (χ3n) is 2.17. The molecule has 0 spiro atoms. The first-order valence-electron chi connectivity index (χ1n) is 6.25. The molecular weight excluding hydrogens is 264 g/mol. The van der Waals surface area contributed by atoms with Gasteiger partial charge in [-0.1, -0.05) is 12.1 Å².